The Labute approximate surface area is 302 Å². The van der Waals surface area contributed by atoms with Gasteiger partial charge in [-0.25, -0.2) is 8.42 Å². The third-order valence-corrected chi connectivity index (χ3v) is 11.7. The lowest BCUT2D eigenvalue weighted by Gasteiger charge is -2.10. The zero-order chi connectivity index (χ0) is 38.3. The van der Waals surface area contributed by atoms with E-state index in [-0.39, 0.29) is 81.7 Å². The van der Waals surface area contributed by atoms with Crippen LogP contribution in [0.4, 0.5) is 34.1 Å². The molecule has 0 heterocycles. The van der Waals surface area contributed by atoms with Crippen molar-refractivity contribution in [2.45, 2.75) is 20.4 Å². The second kappa shape index (κ2) is 13.9. The van der Waals surface area contributed by atoms with Crippen LogP contribution in [0.25, 0.3) is 21.5 Å². The molecular weight excluding hydrogens is 749 g/mol. The number of nitrogen functional groups attached to an aromatic ring is 2. The zero-order valence-corrected chi connectivity index (χ0v) is 29.8. The third kappa shape index (κ3) is 7.64. The first-order valence-corrected chi connectivity index (χ1v) is 19.6. The van der Waals surface area contributed by atoms with Gasteiger partial charge in [0.2, 0.25) is 9.84 Å². The van der Waals surface area contributed by atoms with Crippen LogP contribution in [0.15, 0.2) is 132 Å². The molecule has 16 nitrogen and oxygen atoms in total. The topological polar surface area (TPSA) is 274 Å². The van der Waals surface area contributed by atoms with E-state index in [4.69, 9.17) is 11.5 Å². The third-order valence-electron chi connectivity index (χ3n) is 7.94. The highest BCUT2D eigenvalue weighted by atomic mass is 32.2. The lowest BCUT2D eigenvalue weighted by molar-refractivity contribution is 0.397. The Balaban J connectivity index is 1.23. The minimum absolute atomic E-state index is 0.0431. The fourth-order valence-electron chi connectivity index (χ4n) is 5.43. The summed E-state index contributed by atoms with van der Waals surface area (Å²) in [5, 5.41) is 38.5. The summed E-state index contributed by atoms with van der Waals surface area (Å²) in [5.41, 5.74) is 13.4. The van der Waals surface area contributed by atoms with E-state index >= 15 is 0 Å². The van der Waals surface area contributed by atoms with Crippen LogP contribution in [0.3, 0.4) is 0 Å². The summed E-state index contributed by atoms with van der Waals surface area (Å²) in [5.74, 6) is -1.46. The van der Waals surface area contributed by atoms with E-state index in [1.807, 2.05) is 0 Å². The first-order chi connectivity index (χ1) is 25.0. The van der Waals surface area contributed by atoms with Gasteiger partial charge in [0.15, 0.2) is 0 Å². The Morgan fingerprint density at radius 3 is 1.49 bits per heavy atom. The molecular formula is C34H28N6O10S3. The second-order valence-electron chi connectivity index (χ2n) is 11.5. The monoisotopic (exact) mass is 776 g/mol. The second-order valence-corrected chi connectivity index (χ2v) is 16.6. The molecule has 7 N–H and O–H groups in total. The fraction of sp³-hybridized carbons (Fsp3) is 0.0588. The highest BCUT2D eigenvalue weighted by Gasteiger charge is 2.20. The number of azo groups is 2. The molecule has 0 amide bonds. The van der Waals surface area contributed by atoms with Crippen LogP contribution >= 0.6 is 0 Å². The minimum Gasteiger partial charge on any atom is -0.507 e. The van der Waals surface area contributed by atoms with Gasteiger partial charge >= 0.3 is 0 Å². The molecule has 0 aliphatic rings. The van der Waals surface area contributed by atoms with Crippen molar-refractivity contribution < 1.29 is 44.2 Å². The van der Waals surface area contributed by atoms with E-state index in [0.717, 1.165) is 13.2 Å². The van der Waals surface area contributed by atoms with Crippen molar-refractivity contribution in [1.29, 1.82) is 0 Å². The van der Waals surface area contributed by atoms with Crippen LogP contribution in [0, 0.1) is 0 Å². The van der Waals surface area contributed by atoms with Crippen molar-refractivity contribution in [2.75, 3.05) is 18.6 Å². The standard InChI is InChI=1S/C34H28N6O10S3/c1-50-53(48,49)24-16-26-30(13-11-28(36)34(26)32(42)17-24)40-38-21-4-8-23(9-5-21)52(46,47)22-6-2-20(3-7-22)37-39-29-12-10-27(35)33-25(29)14-19(15-31(33)41)18-51(43,44)45/h2-17,41-42H,18,35-36H2,1H3,(H,43,44,45). The zero-order valence-electron chi connectivity index (χ0n) is 27.3. The summed E-state index contributed by atoms with van der Waals surface area (Å²) < 4.78 is 88.0. The van der Waals surface area contributed by atoms with E-state index < -0.39 is 41.6 Å². The number of hydrogen-bond acceptors (Lipinski definition) is 15. The van der Waals surface area contributed by atoms with Crippen molar-refractivity contribution in [3.63, 3.8) is 0 Å². The summed E-state index contributed by atoms with van der Waals surface area (Å²) in [7, 11) is -11.6. The summed E-state index contributed by atoms with van der Waals surface area (Å²) >= 11 is 0. The van der Waals surface area contributed by atoms with Gasteiger partial charge in [0.05, 0.1) is 44.5 Å². The maximum absolute atomic E-state index is 13.4. The molecule has 0 spiro atoms. The number of aromatic hydroxyl groups is 2. The number of anilines is 2. The number of phenols is 2. The van der Waals surface area contributed by atoms with Gasteiger partial charge in [0.25, 0.3) is 20.2 Å². The van der Waals surface area contributed by atoms with Crippen molar-refractivity contribution in [3.8, 4) is 11.5 Å². The molecule has 6 rings (SSSR count). The number of fused-ring (bicyclic) bond motifs is 2. The normalized spacial score (nSPS) is 12.7. The molecule has 0 aliphatic carbocycles. The molecule has 0 saturated heterocycles. The first-order valence-electron chi connectivity index (χ1n) is 15.1. The number of benzene rings is 6. The Bertz CT molecular complexity index is 2830. The van der Waals surface area contributed by atoms with E-state index in [2.05, 4.69) is 24.6 Å². The van der Waals surface area contributed by atoms with Gasteiger partial charge < -0.3 is 21.7 Å². The lowest BCUT2D eigenvalue weighted by Crippen LogP contribution is -2.03. The fourth-order valence-corrected chi connectivity index (χ4v) is 7.99. The molecule has 0 radical (unpaired) electrons. The molecule has 0 aliphatic heterocycles. The molecule has 272 valence electrons. The van der Waals surface area contributed by atoms with Gasteiger partial charge in [-0.05, 0) is 96.6 Å². The molecule has 53 heavy (non-hydrogen) atoms. The SMILES string of the molecule is COS(=O)(=O)c1cc(O)c2c(N)ccc(N=Nc3ccc(S(=O)(=O)c4ccc(N=Nc5ccc(N)c6c(O)cc(CS(=O)(=O)O)cc56)cc4)cc3)c2c1. The number of phenolic OH excluding ortho intramolecular Hbond substituents is 2. The number of sulfone groups is 1. The Hall–Kier alpha value is -5.99. The molecule has 0 saturated carbocycles. The maximum Gasteiger partial charge on any atom is 0.296 e. The Kier molecular flexibility index (Phi) is 9.62. The average Bonchev–Trinajstić information content (AvgIpc) is 3.10. The molecule has 0 atom stereocenters. The number of hydrogen-bond donors (Lipinski definition) is 5. The predicted molar refractivity (Wildman–Crippen MR) is 196 cm³/mol. The molecule has 0 aromatic heterocycles. The largest absolute Gasteiger partial charge is 0.507 e. The number of rotatable bonds is 10. The van der Waals surface area contributed by atoms with E-state index in [0.29, 0.717) is 0 Å². The van der Waals surface area contributed by atoms with E-state index in [9.17, 15) is 40.0 Å². The first kappa shape index (κ1) is 36.8. The quantitative estimate of drug-likeness (QED) is 0.0409. The van der Waals surface area contributed by atoms with Crippen LogP contribution in [0.1, 0.15) is 5.56 Å². The molecule has 0 bridgehead atoms. The van der Waals surface area contributed by atoms with Crippen LogP contribution in [-0.2, 0) is 40.0 Å². The van der Waals surface area contributed by atoms with Crippen LogP contribution in [0.5, 0.6) is 11.5 Å². The predicted octanol–water partition coefficient (Wildman–Crippen LogP) is 6.96. The van der Waals surface area contributed by atoms with Crippen LogP contribution in [0.2, 0.25) is 0 Å². The van der Waals surface area contributed by atoms with Gasteiger partial charge in [-0.1, -0.05) is 0 Å². The van der Waals surface area contributed by atoms with Gasteiger partial charge in [0, 0.05) is 39.0 Å². The summed E-state index contributed by atoms with van der Waals surface area (Å²) in [6.45, 7) is 0. The number of nitrogens with zero attached hydrogens (tertiary/aromatic N) is 4. The highest BCUT2D eigenvalue weighted by Crippen LogP contribution is 2.40. The summed E-state index contributed by atoms with van der Waals surface area (Å²) in [4.78, 5) is -0.403. The smallest absolute Gasteiger partial charge is 0.296 e. The molecule has 0 fully saturated rings. The van der Waals surface area contributed by atoms with Crippen molar-refractivity contribution in [3.05, 3.63) is 103 Å². The lowest BCUT2D eigenvalue weighted by atomic mass is 10.0. The maximum atomic E-state index is 13.4. The molecule has 6 aromatic carbocycles. The molecule has 6 aromatic rings. The van der Waals surface area contributed by atoms with Crippen molar-refractivity contribution >= 4 is 85.7 Å². The summed E-state index contributed by atoms with van der Waals surface area (Å²) in [6, 6.07) is 21.9. The van der Waals surface area contributed by atoms with Crippen molar-refractivity contribution in [2.24, 2.45) is 20.5 Å². The van der Waals surface area contributed by atoms with Gasteiger partial charge in [-0.15, -0.1) is 10.2 Å². The Morgan fingerprint density at radius 2 is 1.04 bits per heavy atom. The van der Waals surface area contributed by atoms with Crippen LogP contribution < -0.4 is 11.5 Å². The van der Waals surface area contributed by atoms with Crippen LogP contribution in [-0.4, -0.2) is 47.1 Å². The van der Waals surface area contributed by atoms with E-state index in [1.165, 1.54) is 91.0 Å². The summed E-state index contributed by atoms with van der Waals surface area (Å²) in [6.07, 6.45) is 0. The van der Waals surface area contributed by atoms with E-state index in [1.54, 1.807) is 0 Å². The van der Waals surface area contributed by atoms with Gasteiger partial charge in [-0.2, -0.15) is 27.1 Å². The molecule has 0 unspecified atom stereocenters. The highest BCUT2D eigenvalue weighted by molar-refractivity contribution is 7.91. The Morgan fingerprint density at radius 1 is 0.585 bits per heavy atom. The van der Waals surface area contributed by atoms with Gasteiger partial charge in [0.1, 0.15) is 17.3 Å². The van der Waals surface area contributed by atoms with Crippen molar-refractivity contribution in [1.82, 2.24) is 0 Å². The average molecular weight is 777 g/mol. The molecule has 19 heteroatoms. The minimum atomic E-state index is -4.39. The number of nitrogens with two attached hydrogens (primary N) is 2. The van der Waals surface area contributed by atoms with Gasteiger partial charge in [-0.3, -0.25) is 8.74 Å².